The van der Waals surface area contributed by atoms with Crippen molar-refractivity contribution in [2.75, 3.05) is 13.1 Å². The van der Waals surface area contributed by atoms with Gasteiger partial charge < -0.3 is 16.0 Å². The molecule has 0 spiro atoms. The Morgan fingerprint density at radius 2 is 1.82 bits per heavy atom. The third kappa shape index (κ3) is 3.87. The number of carbonyl (C=O) groups is 2. The maximum atomic E-state index is 13.5. The second-order valence-corrected chi connectivity index (χ2v) is 7.72. The molecule has 0 radical (unpaired) electrons. The second-order valence-electron chi connectivity index (χ2n) is 7.72. The van der Waals surface area contributed by atoms with E-state index in [4.69, 9.17) is 5.73 Å². The fourth-order valence-corrected chi connectivity index (χ4v) is 4.77. The highest BCUT2D eigenvalue weighted by atomic mass is 35.5. The third-order valence-corrected chi connectivity index (χ3v) is 6.07. The monoisotopic (exact) mass is 401 g/mol. The predicted molar refractivity (Wildman–Crippen MR) is 114 cm³/mol. The summed E-state index contributed by atoms with van der Waals surface area (Å²) in [5.74, 6) is 0.337. The molecule has 28 heavy (non-hydrogen) atoms. The quantitative estimate of drug-likeness (QED) is 0.826. The Balaban J connectivity index is 0.00000225. The Bertz CT molecular complexity index is 857. The van der Waals surface area contributed by atoms with Crippen LogP contribution in [0, 0.1) is 5.92 Å². The van der Waals surface area contributed by atoms with Gasteiger partial charge in [-0.05, 0) is 48.1 Å². The van der Waals surface area contributed by atoms with Gasteiger partial charge in [-0.2, -0.15) is 0 Å². The molecule has 2 fully saturated rings. The summed E-state index contributed by atoms with van der Waals surface area (Å²) in [6.45, 7) is 0.854. The summed E-state index contributed by atoms with van der Waals surface area (Å²) < 4.78 is 0. The van der Waals surface area contributed by atoms with Gasteiger partial charge in [0.25, 0.3) is 5.91 Å². The normalized spacial score (nSPS) is 23.8. The van der Waals surface area contributed by atoms with Gasteiger partial charge in [0.15, 0.2) is 0 Å². The number of amides is 2. The Hall–Kier alpha value is -2.11. The number of benzene rings is 2. The van der Waals surface area contributed by atoms with E-state index in [-0.39, 0.29) is 36.3 Å². The van der Waals surface area contributed by atoms with Crippen molar-refractivity contribution in [3.63, 3.8) is 0 Å². The molecular formula is C22H28ClN3O2. The molecule has 2 aromatic carbocycles. The number of nitrogens with two attached hydrogens (primary N) is 1. The highest BCUT2D eigenvalue weighted by Gasteiger charge is 2.47. The molecule has 0 aromatic heterocycles. The summed E-state index contributed by atoms with van der Waals surface area (Å²) in [5.41, 5.74) is 6.20. The van der Waals surface area contributed by atoms with E-state index in [1.54, 1.807) is 0 Å². The van der Waals surface area contributed by atoms with E-state index in [1.807, 2.05) is 47.4 Å². The number of nitrogens with one attached hydrogen (secondary N) is 1. The van der Waals surface area contributed by atoms with E-state index in [0.29, 0.717) is 24.6 Å². The van der Waals surface area contributed by atoms with E-state index >= 15 is 0 Å². The smallest absolute Gasteiger partial charge is 0.254 e. The Labute approximate surface area is 172 Å². The second kappa shape index (κ2) is 8.93. The van der Waals surface area contributed by atoms with Crippen molar-refractivity contribution in [3.8, 4) is 0 Å². The van der Waals surface area contributed by atoms with Crippen LogP contribution >= 0.6 is 12.4 Å². The van der Waals surface area contributed by atoms with Gasteiger partial charge in [0, 0.05) is 24.7 Å². The Morgan fingerprint density at radius 1 is 1.07 bits per heavy atom. The lowest BCUT2D eigenvalue weighted by Crippen LogP contribution is -2.50. The summed E-state index contributed by atoms with van der Waals surface area (Å²) in [6.07, 6.45) is 5.17. The molecule has 3 N–H and O–H groups in total. The van der Waals surface area contributed by atoms with Gasteiger partial charge in [0.2, 0.25) is 5.91 Å². The predicted octanol–water partition coefficient (Wildman–Crippen LogP) is 3.11. The first-order valence-electron chi connectivity index (χ1n) is 9.98. The van der Waals surface area contributed by atoms with E-state index in [9.17, 15) is 9.59 Å². The Morgan fingerprint density at radius 3 is 2.61 bits per heavy atom. The van der Waals surface area contributed by atoms with E-state index in [2.05, 4.69) is 5.32 Å². The van der Waals surface area contributed by atoms with Crippen molar-refractivity contribution >= 4 is 35.0 Å². The van der Waals surface area contributed by atoms with E-state index in [0.717, 1.165) is 36.5 Å². The van der Waals surface area contributed by atoms with Gasteiger partial charge in [0.1, 0.15) is 6.04 Å². The molecule has 5 nitrogen and oxygen atoms in total. The molecule has 2 aromatic rings. The molecule has 1 aliphatic heterocycles. The fraction of sp³-hybridized carbons (Fsp3) is 0.455. The lowest BCUT2D eigenvalue weighted by molar-refractivity contribution is -0.125. The first-order valence-corrected chi connectivity index (χ1v) is 9.98. The zero-order chi connectivity index (χ0) is 18.8. The largest absolute Gasteiger partial charge is 0.353 e. The number of halogens is 1. The minimum atomic E-state index is -0.386. The van der Waals surface area contributed by atoms with Gasteiger partial charge >= 0.3 is 0 Å². The first-order chi connectivity index (χ1) is 13.2. The number of fused-ring (bicyclic) bond motifs is 2. The molecule has 2 aliphatic rings. The molecular weight excluding hydrogens is 374 g/mol. The molecule has 2 amide bonds. The van der Waals surface area contributed by atoms with E-state index < -0.39 is 0 Å². The van der Waals surface area contributed by atoms with Crippen LogP contribution in [-0.4, -0.2) is 41.9 Å². The van der Waals surface area contributed by atoms with Gasteiger partial charge in [-0.3, -0.25) is 9.59 Å². The van der Waals surface area contributed by atoms with Crippen molar-refractivity contribution in [2.24, 2.45) is 11.7 Å². The van der Waals surface area contributed by atoms with Crippen molar-refractivity contribution in [1.29, 1.82) is 0 Å². The van der Waals surface area contributed by atoms with Crippen molar-refractivity contribution in [1.82, 2.24) is 10.2 Å². The summed E-state index contributed by atoms with van der Waals surface area (Å²) >= 11 is 0. The number of nitrogens with zero attached hydrogens (tertiary/aromatic N) is 1. The topological polar surface area (TPSA) is 75.4 Å². The van der Waals surface area contributed by atoms with Crippen LogP contribution in [0.1, 0.15) is 42.5 Å². The molecule has 0 bridgehead atoms. The SMILES string of the molecule is Cl.NCCNC(=O)C1CC2CCCCC2N1C(=O)c1ccc2ccccc2c1. The number of carbonyl (C=O) groups excluding carboxylic acids is 2. The summed E-state index contributed by atoms with van der Waals surface area (Å²) in [4.78, 5) is 28.1. The maximum Gasteiger partial charge on any atom is 0.254 e. The average molecular weight is 402 g/mol. The van der Waals surface area contributed by atoms with Gasteiger partial charge in [-0.1, -0.05) is 43.2 Å². The molecule has 1 saturated carbocycles. The summed E-state index contributed by atoms with van der Waals surface area (Å²) in [6, 6.07) is 13.6. The first kappa shape index (κ1) is 20.6. The zero-order valence-corrected chi connectivity index (χ0v) is 16.8. The van der Waals surface area contributed by atoms with Gasteiger partial charge in [0.05, 0.1) is 0 Å². The van der Waals surface area contributed by atoms with Crippen LogP contribution in [0.2, 0.25) is 0 Å². The van der Waals surface area contributed by atoms with Crippen LogP contribution in [-0.2, 0) is 4.79 Å². The molecule has 3 atom stereocenters. The van der Waals surface area contributed by atoms with Crippen molar-refractivity contribution in [3.05, 3.63) is 48.0 Å². The number of hydrogen-bond donors (Lipinski definition) is 2. The molecule has 1 aliphatic carbocycles. The molecule has 150 valence electrons. The zero-order valence-electron chi connectivity index (χ0n) is 16.0. The van der Waals surface area contributed by atoms with Gasteiger partial charge in [-0.25, -0.2) is 0 Å². The molecule has 3 unspecified atom stereocenters. The summed E-state index contributed by atoms with van der Waals surface area (Å²) in [7, 11) is 0. The maximum absolute atomic E-state index is 13.5. The van der Waals surface area contributed by atoms with Crippen LogP contribution in [0.5, 0.6) is 0 Å². The average Bonchev–Trinajstić information content (AvgIpc) is 3.10. The lowest BCUT2D eigenvalue weighted by atomic mass is 9.84. The number of rotatable bonds is 4. The van der Waals surface area contributed by atoms with Crippen LogP contribution in [0.4, 0.5) is 0 Å². The van der Waals surface area contributed by atoms with Crippen LogP contribution in [0.25, 0.3) is 10.8 Å². The third-order valence-electron chi connectivity index (χ3n) is 6.07. The minimum absolute atomic E-state index is 0. The number of hydrogen-bond acceptors (Lipinski definition) is 3. The van der Waals surface area contributed by atoms with Crippen molar-refractivity contribution < 1.29 is 9.59 Å². The molecule has 1 saturated heterocycles. The van der Waals surface area contributed by atoms with Crippen LogP contribution in [0.15, 0.2) is 42.5 Å². The van der Waals surface area contributed by atoms with Crippen LogP contribution in [0.3, 0.4) is 0 Å². The van der Waals surface area contributed by atoms with E-state index in [1.165, 1.54) is 6.42 Å². The summed E-state index contributed by atoms with van der Waals surface area (Å²) in [5, 5.41) is 5.05. The Kier molecular flexibility index (Phi) is 6.57. The highest BCUT2D eigenvalue weighted by Crippen LogP contribution is 2.40. The standard InChI is InChI=1S/C22H27N3O2.ClH/c23-11-12-24-21(26)20-14-17-7-3-4-8-19(17)25(20)22(27)18-10-9-15-5-1-2-6-16(15)13-18;/h1-2,5-6,9-10,13,17,19-20H,3-4,7-8,11-12,14,23H2,(H,24,26);1H. The highest BCUT2D eigenvalue weighted by molar-refractivity contribution is 6.01. The lowest BCUT2D eigenvalue weighted by Gasteiger charge is -2.33. The molecule has 4 rings (SSSR count). The van der Waals surface area contributed by atoms with Crippen molar-refractivity contribution in [2.45, 2.75) is 44.2 Å². The number of likely N-dealkylation sites (tertiary alicyclic amines) is 1. The van der Waals surface area contributed by atoms with Crippen LogP contribution < -0.4 is 11.1 Å². The molecule has 6 heteroatoms. The minimum Gasteiger partial charge on any atom is -0.353 e. The fourth-order valence-electron chi connectivity index (χ4n) is 4.77. The molecule has 1 heterocycles. The van der Waals surface area contributed by atoms with Gasteiger partial charge in [-0.15, -0.1) is 12.4 Å².